The summed E-state index contributed by atoms with van der Waals surface area (Å²) < 4.78 is 0. The minimum absolute atomic E-state index is 0.130. The first-order chi connectivity index (χ1) is 13.0. The first-order valence-electron chi connectivity index (χ1n) is 9.44. The monoisotopic (exact) mass is 366 g/mol. The molecule has 1 aromatic heterocycles. The molecule has 0 unspecified atom stereocenters. The van der Waals surface area contributed by atoms with Crippen LogP contribution in [0, 0.1) is 12.8 Å². The number of nitrogen functional groups attached to an aromatic ring is 1. The van der Waals surface area contributed by atoms with Crippen LogP contribution in [0.25, 0.3) is 0 Å². The molecule has 1 aliphatic carbocycles. The van der Waals surface area contributed by atoms with E-state index in [9.17, 15) is 9.59 Å². The summed E-state index contributed by atoms with van der Waals surface area (Å²) in [5, 5.41) is 5.76. The Hall–Kier alpha value is -2.89. The van der Waals surface area contributed by atoms with Crippen LogP contribution in [0.3, 0.4) is 0 Å². The molecule has 0 bridgehead atoms. The van der Waals surface area contributed by atoms with E-state index in [1.54, 1.807) is 30.3 Å². The van der Waals surface area contributed by atoms with Crippen LogP contribution in [-0.2, 0) is 0 Å². The maximum atomic E-state index is 12.5. The number of amides is 2. The van der Waals surface area contributed by atoms with Crippen molar-refractivity contribution in [3.05, 3.63) is 53.2 Å². The minimum atomic E-state index is -0.290. The lowest BCUT2D eigenvalue weighted by Gasteiger charge is -2.12. The van der Waals surface area contributed by atoms with Crippen molar-refractivity contribution < 1.29 is 9.59 Å². The lowest BCUT2D eigenvalue weighted by atomic mass is 10.0. The molecule has 1 fully saturated rings. The molecule has 1 aliphatic rings. The number of hydrogen-bond donors (Lipinski definition) is 3. The van der Waals surface area contributed by atoms with E-state index < -0.39 is 0 Å². The number of hydrogen-bond acceptors (Lipinski definition) is 4. The average molecular weight is 366 g/mol. The van der Waals surface area contributed by atoms with Crippen LogP contribution in [0.1, 0.15) is 58.4 Å². The summed E-state index contributed by atoms with van der Waals surface area (Å²) in [4.78, 5) is 29.0. The van der Waals surface area contributed by atoms with Crippen molar-refractivity contribution in [1.29, 1.82) is 0 Å². The number of nitrogens with one attached hydrogen (secondary N) is 2. The summed E-state index contributed by atoms with van der Waals surface area (Å²) in [5.41, 5.74) is 7.91. The molecule has 142 valence electrons. The first kappa shape index (κ1) is 18.9. The van der Waals surface area contributed by atoms with Gasteiger partial charge in [0.15, 0.2) is 0 Å². The van der Waals surface area contributed by atoms with Crippen molar-refractivity contribution in [3.63, 3.8) is 0 Å². The highest BCUT2D eigenvalue weighted by Crippen LogP contribution is 2.27. The predicted octanol–water partition coefficient (Wildman–Crippen LogP) is 3.53. The Morgan fingerprint density at radius 3 is 2.63 bits per heavy atom. The molecule has 4 N–H and O–H groups in total. The number of carbonyl (C=O) groups is 2. The van der Waals surface area contributed by atoms with Gasteiger partial charge in [-0.25, -0.2) is 4.98 Å². The molecule has 1 aromatic carbocycles. The third-order valence-electron chi connectivity index (χ3n) is 5.10. The third kappa shape index (κ3) is 5.06. The second-order valence-electron chi connectivity index (χ2n) is 7.15. The van der Waals surface area contributed by atoms with Gasteiger partial charge in [0.1, 0.15) is 5.82 Å². The zero-order valence-electron chi connectivity index (χ0n) is 15.6. The molecule has 0 radical (unpaired) electrons. The van der Waals surface area contributed by atoms with Gasteiger partial charge in [-0.2, -0.15) is 0 Å². The van der Waals surface area contributed by atoms with Crippen LogP contribution in [0.2, 0.25) is 0 Å². The van der Waals surface area contributed by atoms with Crippen molar-refractivity contribution in [2.24, 2.45) is 5.92 Å². The third-order valence-corrected chi connectivity index (χ3v) is 5.10. The first-order valence-corrected chi connectivity index (χ1v) is 9.44. The van der Waals surface area contributed by atoms with Crippen LogP contribution in [0.5, 0.6) is 0 Å². The Kier molecular flexibility index (Phi) is 6.06. The van der Waals surface area contributed by atoms with E-state index in [0.717, 1.165) is 17.9 Å². The fraction of sp³-hybridized carbons (Fsp3) is 0.381. The van der Waals surface area contributed by atoms with Crippen molar-refractivity contribution in [3.8, 4) is 0 Å². The van der Waals surface area contributed by atoms with E-state index in [1.807, 2.05) is 6.92 Å². The van der Waals surface area contributed by atoms with Gasteiger partial charge in [-0.05, 0) is 49.1 Å². The highest BCUT2D eigenvalue weighted by molar-refractivity contribution is 6.06. The number of benzene rings is 1. The Morgan fingerprint density at radius 1 is 1.15 bits per heavy atom. The molecule has 27 heavy (non-hydrogen) atoms. The molecule has 0 spiro atoms. The Balaban J connectivity index is 1.62. The van der Waals surface area contributed by atoms with E-state index in [0.29, 0.717) is 29.2 Å². The highest BCUT2D eigenvalue weighted by Gasteiger charge is 2.16. The summed E-state index contributed by atoms with van der Waals surface area (Å²) in [5.74, 6) is 0.702. The molecular weight excluding hydrogens is 340 g/mol. The molecule has 1 heterocycles. The largest absolute Gasteiger partial charge is 0.384 e. The van der Waals surface area contributed by atoms with Gasteiger partial charge in [-0.3, -0.25) is 9.59 Å². The summed E-state index contributed by atoms with van der Waals surface area (Å²) in [6.07, 6.45) is 7.67. The molecule has 0 atom stereocenters. The van der Waals surface area contributed by atoms with E-state index in [4.69, 9.17) is 5.73 Å². The number of nitrogens with zero attached hydrogens (tertiary/aromatic N) is 1. The smallest absolute Gasteiger partial charge is 0.255 e. The average Bonchev–Trinajstić information content (AvgIpc) is 3.17. The molecule has 3 rings (SSSR count). The maximum absolute atomic E-state index is 12.5. The fourth-order valence-electron chi connectivity index (χ4n) is 3.47. The van der Waals surface area contributed by atoms with Gasteiger partial charge in [0.2, 0.25) is 0 Å². The highest BCUT2D eigenvalue weighted by atomic mass is 16.2. The van der Waals surface area contributed by atoms with Gasteiger partial charge in [0.05, 0.1) is 11.9 Å². The number of carbonyl (C=O) groups excluding carboxylic acids is 2. The minimum Gasteiger partial charge on any atom is -0.384 e. The normalized spacial score (nSPS) is 14.1. The van der Waals surface area contributed by atoms with E-state index >= 15 is 0 Å². The van der Waals surface area contributed by atoms with E-state index in [2.05, 4.69) is 15.6 Å². The van der Waals surface area contributed by atoms with Gasteiger partial charge in [-0.1, -0.05) is 31.7 Å². The van der Waals surface area contributed by atoms with Crippen LogP contribution >= 0.6 is 0 Å². The van der Waals surface area contributed by atoms with Crippen LogP contribution in [0.4, 0.5) is 11.5 Å². The molecule has 6 heteroatoms. The van der Waals surface area contributed by atoms with E-state index in [1.165, 1.54) is 31.9 Å². The lowest BCUT2D eigenvalue weighted by Crippen LogP contribution is -2.26. The van der Waals surface area contributed by atoms with Crippen molar-refractivity contribution in [2.45, 2.75) is 39.0 Å². The Morgan fingerprint density at radius 2 is 1.93 bits per heavy atom. The van der Waals surface area contributed by atoms with Gasteiger partial charge in [0, 0.05) is 17.7 Å². The molecule has 0 saturated heterocycles. The number of aromatic nitrogens is 1. The lowest BCUT2D eigenvalue weighted by molar-refractivity contribution is 0.0951. The van der Waals surface area contributed by atoms with Gasteiger partial charge in [0.25, 0.3) is 11.8 Å². The zero-order chi connectivity index (χ0) is 19.2. The predicted molar refractivity (Wildman–Crippen MR) is 107 cm³/mol. The zero-order valence-corrected chi connectivity index (χ0v) is 15.6. The number of anilines is 2. The van der Waals surface area contributed by atoms with Crippen molar-refractivity contribution in [1.82, 2.24) is 10.3 Å². The van der Waals surface area contributed by atoms with Crippen molar-refractivity contribution in [2.75, 3.05) is 17.6 Å². The maximum Gasteiger partial charge on any atom is 0.255 e. The van der Waals surface area contributed by atoms with Gasteiger partial charge < -0.3 is 16.4 Å². The number of rotatable bonds is 6. The molecule has 6 nitrogen and oxygen atoms in total. The molecular formula is C21H26N4O2. The molecule has 2 aromatic rings. The topological polar surface area (TPSA) is 97.1 Å². The summed E-state index contributed by atoms with van der Waals surface area (Å²) >= 11 is 0. The molecule has 2 amide bonds. The summed E-state index contributed by atoms with van der Waals surface area (Å²) in [6, 6.07) is 8.45. The summed E-state index contributed by atoms with van der Waals surface area (Å²) in [7, 11) is 0. The van der Waals surface area contributed by atoms with Gasteiger partial charge >= 0.3 is 0 Å². The van der Waals surface area contributed by atoms with Crippen LogP contribution < -0.4 is 16.4 Å². The van der Waals surface area contributed by atoms with Crippen LogP contribution in [-0.4, -0.2) is 23.3 Å². The second-order valence-corrected chi connectivity index (χ2v) is 7.15. The quantitative estimate of drug-likeness (QED) is 0.728. The standard InChI is InChI=1S/C21H26N4O2/c1-14-6-7-16(20(26)25-17-8-9-19(22)24-13-17)12-18(14)21(27)23-11-10-15-4-2-3-5-15/h6-9,12-13,15H,2-5,10-11H2,1H3,(H2,22,24)(H,23,27)(H,25,26). The SMILES string of the molecule is Cc1ccc(C(=O)Nc2ccc(N)nc2)cc1C(=O)NCCC1CCCC1. The Labute approximate surface area is 159 Å². The van der Waals surface area contributed by atoms with Crippen molar-refractivity contribution >= 4 is 23.3 Å². The summed E-state index contributed by atoms with van der Waals surface area (Å²) in [6.45, 7) is 2.55. The Bertz CT molecular complexity index is 811. The van der Waals surface area contributed by atoms with Gasteiger partial charge in [-0.15, -0.1) is 0 Å². The number of aryl methyl sites for hydroxylation is 1. The van der Waals surface area contributed by atoms with E-state index in [-0.39, 0.29) is 11.8 Å². The van der Waals surface area contributed by atoms with Crippen LogP contribution in [0.15, 0.2) is 36.5 Å². The second kappa shape index (κ2) is 8.66. The number of pyridine rings is 1. The number of nitrogens with two attached hydrogens (primary N) is 1. The molecule has 0 aliphatic heterocycles. The molecule has 1 saturated carbocycles. The fourth-order valence-corrected chi connectivity index (χ4v) is 3.47.